The molecule has 7 N–H and O–H groups in total. The number of carbonyl (C=O) groups is 4. The molecule has 4 amide bonds. The number of nitrogens with zero attached hydrogens (tertiary/aromatic N) is 1. The predicted molar refractivity (Wildman–Crippen MR) is 160 cm³/mol. The van der Waals surface area contributed by atoms with Gasteiger partial charge in [-0.2, -0.15) is 0 Å². The molecule has 0 aliphatic carbocycles. The summed E-state index contributed by atoms with van der Waals surface area (Å²) in [6.45, 7) is 13.5. The van der Waals surface area contributed by atoms with Gasteiger partial charge >= 0.3 is 12.2 Å². The highest BCUT2D eigenvalue weighted by Crippen LogP contribution is 2.11. The van der Waals surface area contributed by atoms with Crippen molar-refractivity contribution in [1.29, 1.82) is 5.41 Å². The molecule has 0 aliphatic rings. The van der Waals surface area contributed by atoms with Crippen molar-refractivity contribution in [3.8, 4) is 0 Å². The van der Waals surface area contributed by atoms with E-state index in [1.165, 1.54) is 0 Å². The molecule has 0 aromatic carbocycles. The third-order valence-electron chi connectivity index (χ3n) is 5.42. The summed E-state index contributed by atoms with van der Waals surface area (Å²) in [7, 11) is 0. The van der Waals surface area contributed by atoms with Crippen molar-refractivity contribution < 1.29 is 28.7 Å². The second-order valence-corrected chi connectivity index (χ2v) is 11.9. The normalized spacial score (nSPS) is 11.3. The average molecular weight is 586 g/mol. The molecule has 0 unspecified atom stereocenters. The third-order valence-corrected chi connectivity index (χ3v) is 5.42. The van der Waals surface area contributed by atoms with Crippen molar-refractivity contribution in [3.05, 3.63) is 0 Å². The number of amides is 4. The summed E-state index contributed by atoms with van der Waals surface area (Å²) in [4.78, 5) is 50.1. The van der Waals surface area contributed by atoms with Crippen LogP contribution in [0.5, 0.6) is 0 Å². The van der Waals surface area contributed by atoms with Crippen LogP contribution in [-0.2, 0) is 19.1 Å². The molecule has 41 heavy (non-hydrogen) atoms. The highest BCUT2D eigenvalue weighted by atomic mass is 16.6. The van der Waals surface area contributed by atoms with Crippen LogP contribution < -0.4 is 27.0 Å². The van der Waals surface area contributed by atoms with E-state index < -0.39 is 23.4 Å². The molecular formula is C28H55N7O6. The standard InChI is InChI=1S/C28H55N7O6/c1-27(2,3)40-25(38)34-18-13-21-35(26(39)41-28(4,5)6)20-12-11-16-31-23(37)15-19-32-22(36)14-9-7-8-10-17-33-24(29)30/h7-21H2,1-6H3,(H,31,37)(H,32,36)(H,34,38)(H4,29,30,33). The SMILES string of the molecule is CC(C)(C)OC(=O)NCCCN(CCCCNC(=O)CCNC(=O)CCCCCCNC(=N)N)C(=O)OC(C)(C)C. The Kier molecular flexibility index (Phi) is 19.0. The van der Waals surface area contributed by atoms with Crippen LogP contribution in [0.4, 0.5) is 9.59 Å². The molecule has 13 heteroatoms. The van der Waals surface area contributed by atoms with Crippen LogP contribution in [0.15, 0.2) is 0 Å². The quantitative estimate of drug-likeness (QED) is 0.0758. The molecule has 0 saturated heterocycles. The lowest BCUT2D eigenvalue weighted by atomic mass is 10.1. The lowest BCUT2D eigenvalue weighted by Crippen LogP contribution is -2.39. The zero-order valence-electron chi connectivity index (χ0n) is 26.1. The largest absolute Gasteiger partial charge is 0.444 e. The zero-order chi connectivity index (χ0) is 31.3. The first kappa shape index (κ1) is 37.8. The number of guanidine groups is 1. The van der Waals surface area contributed by atoms with Gasteiger partial charge in [-0.3, -0.25) is 15.0 Å². The van der Waals surface area contributed by atoms with Crippen molar-refractivity contribution in [3.63, 3.8) is 0 Å². The average Bonchev–Trinajstić information content (AvgIpc) is 2.82. The molecule has 0 fully saturated rings. The van der Waals surface area contributed by atoms with E-state index in [4.69, 9.17) is 20.6 Å². The van der Waals surface area contributed by atoms with Crippen molar-refractivity contribution in [2.24, 2.45) is 5.73 Å². The van der Waals surface area contributed by atoms with Crippen molar-refractivity contribution in [1.82, 2.24) is 26.2 Å². The van der Waals surface area contributed by atoms with E-state index in [2.05, 4.69) is 21.3 Å². The number of hydrogen-bond acceptors (Lipinski definition) is 7. The molecular weight excluding hydrogens is 530 g/mol. The third kappa shape index (κ3) is 25.5. The number of unbranched alkanes of at least 4 members (excludes halogenated alkanes) is 4. The summed E-state index contributed by atoms with van der Waals surface area (Å²) in [5.74, 6) is -0.236. The molecule has 13 nitrogen and oxygen atoms in total. The highest BCUT2D eigenvalue weighted by Gasteiger charge is 2.22. The highest BCUT2D eigenvalue weighted by molar-refractivity contribution is 5.78. The molecule has 0 aromatic heterocycles. The fourth-order valence-corrected chi connectivity index (χ4v) is 3.53. The summed E-state index contributed by atoms with van der Waals surface area (Å²) in [6, 6.07) is 0. The first-order valence-electron chi connectivity index (χ1n) is 14.6. The topological polar surface area (TPSA) is 188 Å². The van der Waals surface area contributed by atoms with Crippen LogP contribution in [-0.4, -0.2) is 85.3 Å². The van der Waals surface area contributed by atoms with Crippen molar-refractivity contribution in [2.45, 2.75) is 111 Å². The number of alkyl carbamates (subject to hydrolysis) is 1. The second-order valence-electron chi connectivity index (χ2n) is 11.9. The predicted octanol–water partition coefficient (Wildman–Crippen LogP) is 2.97. The zero-order valence-corrected chi connectivity index (χ0v) is 26.1. The molecule has 0 atom stereocenters. The van der Waals surface area contributed by atoms with Gasteiger partial charge in [-0.05, 0) is 73.6 Å². The first-order chi connectivity index (χ1) is 19.1. The molecule has 0 radical (unpaired) electrons. The number of nitrogens with one attached hydrogen (secondary N) is 5. The molecule has 0 saturated carbocycles. The van der Waals surface area contributed by atoms with Gasteiger partial charge in [-0.1, -0.05) is 12.8 Å². The van der Waals surface area contributed by atoms with Crippen LogP contribution >= 0.6 is 0 Å². The van der Waals surface area contributed by atoms with E-state index in [0.29, 0.717) is 58.4 Å². The van der Waals surface area contributed by atoms with E-state index in [1.807, 2.05) is 20.8 Å². The number of carbonyl (C=O) groups excluding carboxylic acids is 4. The lowest BCUT2D eigenvalue weighted by Gasteiger charge is -2.27. The first-order valence-corrected chi connectivity index (χ1v) is 14.6. The number of ether oxygens (including phenoxy) is 2. The van der Waals surface area contributed by atoms with Crippen LogP contribution in [0, 0.1) is 5.41 Å². The molecule has 0 aromatic rings. The van der Waals surface area contributed by atoms with E-state index in [9.17, 15) is 19.2 Å². The molecule has 0 heterocycles. The van der Waals surface area contributed by atoms with Crippen molar-refractivity contribution >= 4 is 30.0 Å². The Morgan fingerprint density at radius 2 is 1.15 bits per heavy atom. The Bertz CT molecular complexity index is 809. The second kappa shape index (κ2) is 20.6. The minimum Gasteiger partial charge on any atom is -0.444 e. The van der Waals surface area contributed by atoms with Gasteiger partial charge in [0.2, 0.25) is 11.8 Å². The van der Waals surface area contributed by atoms with Crippen LogP contribution in [0.3, 0.4) is 0 Å². The van der Waals surface area contributed by atoms with Gasteiger partial charge in [0.05, 0.1) is 0 Å². The Hall–Kier alpha value is -3.25. The number of nitrogens with two attached hydrogens (primary N) is 1. The fraction of sp³-hybridized carbons (Fsp3) is 0.821. The Morgan fingerprint density at radius 1 is 0.634 bits per heavy atom. The molecule has 0 spiro atoms. The van der Waals surface area contributed by atoms with Crippen LogP contribution in [0.1, 0.15) is 99.3 Å². The van der Waals surface area contributed by atoms with Gasteiger partial charge in [0.1, 0.15) is 11.2 Å². The monoisotopic (exact) mass is 585 g/mol. The maximum absolute atomic E-state index is 12.6. The molecule has 238 valence electrons. The van der Waals surface area contributed by atoms with Gasteiger partial charge in [0.25, 0.3) is 0 Å². The lowest BCUT2D eigenvalue weighted by molar-refractivity contribution is -0.122. The van der Waals surface area contributed by atoms with Gasteiger partial charge in [0, 0.05) is 52.1 Å². The fourth-order valence-electron chi connectivity index (χ4n) is 3.53. The van der Waals surface area contributed by atoms with Gasteiger partial charge in [0.15, 0.2) is 5.96 Å². The van der Waals surface area contributed by atoms with Crippen molar-refractivity contribution in [2.75, 3.05) is 39.3 Å². The van der Waals surface area contributed by atoms with E-state index >= 15 is 0 Å². The van der Waals surface area contributed by atoms with E-state index in [1.54, 1.807) is 25.7 Å². The summed E-state index contributed by atoms with van der Waals surface area (Å²) >= 11 is 0. The smallest absolute Gasteiger partial charge is 0.410 e. The Morgan fingerprint density at radius 3 is 1.78 bits per heavy atom. The molecule has 0 bridgehead atoms. The van der Waals surface area contributed by atoms with Gasteiger partial charge in [-0.25, -0.2) is 9.59 Å². The maximum atomic E-state index is 12.6. The van der Waals surface area contributed by atoms with E-state index in [-0.39, 0.29) is 30.7 Å². The number of rotatable bonds is 19. The van der Waals surface area contributed by atoms with Crippen LogP contribution in [0.25, 0.3) is 0 Å². The summed E-state index contributed by atoms with van der Waals surface area (Å²) in [5, 5.41) is 18.1. The van der Waals surface area contributed by atoms with Crippen LogP contribution in [0.2, 0.25) is 0 Å². The minimum absolute atomic E-state index is 0.0311. The molecule has 0 aliphatic heterocycles. The Balaban J connectivity index is 4.15. The Labute approximate surface area is 245 Å². The van der Waals surface area contributed by atoms with Gasteiger partial charge < -0.3 is 41.4 Å². The summed E-state index contributed by atoms with van der Waals surface area (Å²) < 4.78 is 10.7. The summed E-state index contributed by atoms with van der Waals surface area (Å²) in [5.41, 5.74) is 4.02. The number of hydrogen-bond donors (Lipinski definition) is 6. The minimum atomic E-state index is -0.623. The maximum Gasteiger partial charge on any atom is 0.410 e. The van der Waals surface area contributed by atoms with Gasteiger partial charge in [-0.15, -0.1) is 0 Å². The summed E-state index contributed by atoms with van der Waals surface area (Å²) in [6.07, 6.45) is 5.15. The molecule has 0 rings (SSSR count). The van der Waals surface area contributed by atoms with E-state index in [0.717, 1.165) is 25.7 Å².